The lowest BCUT2D eigenvalue weighted by Crippen LogP contribution is -2.54. The van der Waals surface area contributed by atoms with Crippen molar-refractivity contribution >= 4 is 5.97 Å². The normalized spacial score (nSPS) is 23.8. The molecule has 1 aliphatic rings. The summed E-state index contributed by atoms with van der Waals surface area (Å²) in [6.45, 7) is 1.80. The van der Waals surface area contributed by atoms with E-state index in [1.165, 1.54) is 19.3 Å². The summed E-state index contributed by atoms with van der Waals surface area (Å²) in [7, 11) is 1.74. The molecule has 0 unspecified atom stereocenters. The van der Waals surface area contributed by atoms with Crippen LogP contribution in [0.2, 0.25) is 0 Å². The molecule has 0 aliphatic heterocycles. The number of carboxylic acid groups (broad SMARTS) is 1. The van der Waals surface area contributed by atoms with Crippen molar-refractivity contribution in [1.29, 1.82) is 0 Å². The Labute approximate surface area is 79.5 Å². The summed E-state index contributed by atoms with van der Waals surface area (Å²) in [5.41, 5.74) is -0.722. The van der Waals surface area contributed by atoms with Crippen LogP contribution in [-0.2, 0) is 4.79 Å². The Balaban J connectivity index is 2.68. The van der Waals surface area contributed by atoms with Gasteiger partial charge in [0.15, 0.2) is 0 Å². The zero-order valence-electron chi connectivity index (χ0n) is 8.47. The number of nitrogens with one attached hydrogen (secondary N) is 1. The van der Waals surface area contributed by atoms with Crippen molar-refractivity contribution in [2.75, 3.05) is 7.05 Å². The standard InChI is InChI=1S/C10H19NO2/c1-10(11-2,9(12)13)8-6-4-3-5-7-8/h8,11H,3-7H2,1-2H3,(H,12,13)/t10-/m0/s1. The lowest BCUT2D eigenvalue weighted by molar-refractivity contribution is -0.147. The quantitative estimate of drug-likeness (QED) is 0.702. The Morgan fingerprint density at radius 3 is 2.31 bits per heavy atom. The van der Waals surface area contributed by atoms with Gasteiger partial charge in [-0.1, -0.05) is 19.3 Å². The van der Waals surface area contributed by atoms with Crippen molar-refractivity contribution in [2.24, 2.45) is 5.92 Å². The molecule has 1 atom stereocenters. The molecule has 0 spiro atoms. The third-order valence-electron chi connectivity index (χ3n) is 3.39. The van der Waals surface area contributed by atoms with Gasteiger partial charge in [0, 0.05) is 0 Å². The van der Waals surface area contributed by atoms with Gasteiger partial charge in [0.1, 0.15) is 5.54 Å². The molecule has 13 heavy (non-hydrogen) atoms. The maximum absolute atomic E-state index is 11.1. The zero-order valence-corrected chi connectivity index (χ0v) is 8.47. The fourth-order valence-corrected chi connectivity index (χ4v) is 2.17. The zero-order chi connectivity index (χ0) is 9.90. The van der Waals surface area contributed by atoms with Gasteiger partial charge in [0.2, 0.25) is 0 Å². The molecule has 3 nitrogen and oxygen atoms in total. The summed E-state index contributed by atoms with van der Waals surface area (Å²) < 4.78 is 0. The monoisotopic (exact) mass is 185 g/mol. The van der Waals surface area contributed by atoms with Crippen LogP contribution < -0.4 is 5.32 Å². The Morgan fingerprint density at radius 2 is 1.92 bits per heavy atom. The molecule has 1 saturated carbocycles. The van der Waals surface area contributed by atoms with E-state index in [1.54, 1.807) is 14.0 Å². The van der Waals surface area contributed by atoms with E-state index in [0.717, 1.165) is 12.8 Å². The smallest absolute Gasteiger partial charge is 0.323 e. The van der Waals surface area contributed by atoms with Crippen LogP contribution in [0.3, 0.4) is 0 Å². The molecule has 1 fully saturated rings. The van der Waals surface area contributed by atoms with Crippen LogP contribution in [0, 0.1) is 5.92 Å². The van der Waals surface area contributed by atoms with Crippen molar-refractivity contribution in [3.63, 3.8) is 0 Å². The Kier molecular flexibility index (Phi) is 3.31. The fourth-order valence-electron chi connectivity index (χ4n) is 2.17. The Bertz CT molecular complexity index is 187. The SMILES string of the molecule is CN[C@](C)(C(=O)O)C1CCCCC1. The maximum atomic E-state index is 11.1. The van der Waals surface area contributed by atoms with Gasteiger partial charge in [-0.2, -0.15) is 0 Å². The molecule has 76 valence electrons. The first-order chi connectivity index (χ1) is 6.11. The van der Waals surface area contributed by atoms with Gasteiger partial charge in [0.05, 0.1) is 0 Å². The molecule has 0 amide bonds. The van der Waals surface area contributed by atoms with Gasteiger partial charge in [-0.25, -0.2) is 0 Å². The summed E-state index contributed by atoms with van der Waals surface area (Å²) >= 11 is 0. The van der Waals surface area contributed by atoms with Crippen molar-refractivity contribution < 1.29 is 9.90 Å². The molecule has 0 aromatic rings. The highest BCUT2D eigenvalue weighted by Crippen LogP contribution is 2.32. The van der Waals surface area contributed by atoms with Crippen molar-refractivity contribution in [1.82, 2.24) is 5.32 Å². The van der Waals surface area contributed by atoms with E-state index in [2.05, 4.69) is 5.32 Å². The van der Waals surface area contributed by atoms with Crippen LogP contribution in [0.1, 0.15) is 39.0 Å². The molecule has 0 saturated heterocycles. The summed E-state index contributed by atoms with van der Waals surface area (Å²) in [5.74, 6) is -0.425. The van der Waals surface area contributed by atoms with Crippen LogP contribution in [0.15, 0.2) is 0 Å². The average molecular weight is 185 g/mol. The fraction of sp³-hybridized carbons (Fsp3) is 0.900. The highest BCUT2D eigenvalue weighted by molar-refractivity contribution is 5.78. The first-order valence-electron chi connectivity index (χ1n) is 5.03. The first-order valence-corrected chi connectivity index (χ1v) is 5.03. The minimum absolute atomic E-state index is 0.295. The van der Waals surface area contributed by atoms with E-state index in [1.807, 2.05) is 0 Å². The predicted molar refractivity (Wildman–Crippen MR) is 51.7 cm³/mol. The van der Waals surface area contributed by atoms with Gasteiger partial charge in [-0.3, -0.25) is 4.79 Å². The van der Waals surface area contributed by atoms with E-state index in [4.69, 9.17) is 5.11 Å². The number of hydrogen-bond donors (Lipinski definition) is 2. The number of likely N-dealkylation sites (N-methyl/N-ethyl adjacent to an activating group) is 1. The number of carbonyl (C=O) groups is 1. The second-order valence-electron chi connectivity index (χ2n) is 4.09. The highest BCUT2D eigenvalue weighted by Gasteiger charge is 2.40. The first kappa shape index (κ1) is 10.5. The molecule has 3 heteroatoms. The lowest BCUT2D eigenvalue weighted by Gasteiger charge is -2.36. The number of hydrogen-bond acceptors (Lipinski definition) is 2. The van der Waals surface area contributed by atoms with E-state index in [9.17, 15) is 4.79 Å². The number of aliphatic carboxylic acids is 1. The molecule has 2 N–H and O–H groups in total. The maximum Gasteiger partial charge on any atom is 0.323 e. The van der Waals surface area contributed by atoms with Crippen LogP contribution in [0.4, 0.5) is 0 Å². The van der Waals surface area contributed by atoms with E-state index in [-0.39, 0.29) is 0 Å². The summed E-state index contributed by atoms with van der Waals surface area (Å²) in [4.78, 5) is 11.1. The second kappa shape index (κ2) is 4.09. The minimum atomic E-state index is -0.722. The van der Waals surface area contributed by atoms with Crippen LogP contribution in [0.5, 0.6) is 0 Å². The largest absolute Gasteiger partial charge is 0.480 e. The third-order valence-corrected chi connectivity index (χ3v) is 3.39. The van der Waals surface area contributed by atoms with E-state index < -0.39 is 11.5 Å². The molecule has 0 bridgehead atoms. The van der Waals surface area contributed by atoms with Crippen LogP contribution >= 0.6 is 0 Å². The van der Waals surface area contributed by atoms with Crippen molar-refractivity contribution in [3.05, 3.63) is 0 Å². The summed E-state index contributed by atoms with van der Waals surface area (Å²) in [5, 5.41) is 12.1. The van der Waals surface area contributed by atoms with E-state index in [0.29, 0.717) is 5.92 Å². The topological polar surface area (TPSA) is 49.3 Å². The van der Waals surface area contributed by atoms with Gasteiger partial charge in [-0.15, -0.1) is 0 Å². The van der Waals surface area contributed by atoms with Crippen molar-refractivity contribution in [2.45, 2.75) is 44.6 Å². The van der Waals surface area contributed by atoms with Crippen LogP contribution in [-0.4, -0.2) is 23.7 Å². The molecule has 0 radical (unpaired) electrons. The molecule has 1 rings (SSSR count). The predicted octanol–water partition coefficient (Wildman–Crippen LogP) is 1.63. The van der Waals surface area contributed by atoms with Gasteiger partial charge in [0.25, 0.3) is 0 Å². The summed E-state index contributed by atoms with van der Waals surface area (Å²) in [6.07, 6.45) is 5.70. The molecule has 0 aromatic heterocycles. The van der Waals surface area contributed by atoms with Crippen LogP contribution in [0.25, 0.3) is 0 Å². The summed E-state index contributed by atoms with van der Waals surface area (Å²) in [6, 6.07) is 0. The molecule has 1 aliphatic carbocycles. The molecule has 0 aromatic carbocycles. The van der Waals surface area contributed by atoms with Gasteiger partial charge >= 0.3 is 5.97 Å². The molecular formula is C10H19NO2. The van der Waals surface area contributed by atoms with Gasteiger partial charge < -0.3 is 10.4 Å². The Hall–Kier alpha value is -0.570. The Morgan fingerprint density at radius 1 is 1.38 bits per heavy atom. The second-order valence-corrected chi connectivity index (χ2v) is 4.09. The third kappa shape index (κ3) is 2.02. The molecule has 0 heterocycles. The molecular weight excluding hydrogens is 166 g/mol. The van der Waals surface area contributed by atoms with E-state index >= 15 is 0 Å². The van der Waals surface area contributed by atoms with Crippen molar-refractivity contribution in [3.8, 4) is 0 Å². The average Bonchev–Trinajstić information content (AvgIpc) is 2.17. The number of rotatable bonds is 3. The highest BCUT2D eigenvalue weighted by atomic mass is 16.4. The minimum Gasteiger partial charge on any atom is -0.480 e. The lowest BCUT2D eigenvalue weighted by atomic mass is 9.76. The van der Waals surface area contributed by atoms with Gasteiger partial charge in [-0.05, 0) is 32.7 Å². The number of carboxylic acids is 1.